The Labute approximate surface area is 118 Å². The van der Waals surface area contributed by atoms with Gasteiger partial charge in [-0.2, -0.15) is 0 Å². The van der Waals surface area contributed by atoms with E-state index in [1.165, 1.54) is 7.11 Å². The minimum atomic E-state index is -0.319. The number of carbonyl (C=O) groups excluding carboxylic acids is 2. The largest absolute Gasteiger partial charge is 0.497 e. The van der Waals surface area contributed by atoms with Gasteiger partial charge in [-0.25, -0.2) is 4.79 Å². The zero-order chi connectivity index (χ0) is 14.5. The molecule has 1 saturated heterocycles. The van der Waals surface area contributed by atoms with Crippen LogP contribution < -0.4 is 4.74 Å². The van der Waals surface area contributed by atoms with Crippen molar-refractivity contribution >= 4 is 11.9 Å². The normalized spacial score (nSPS) is 15.8. The molecule has 1 heterocycles. The van der Waals surface area contributed by atoms with E-state index in [4.69, 9.17) is 4.74 Å². The SMILES string of the molecule is COC(=O)N1CCC(C(=O)c2ccc(OC)cc2)CC1. The number of rotatable bonds is 3. The monoisotopic (exact) mass is 277 g/mol. The van der Waals surface area contributed by atoms with Gasteiger partial charge in [-0.3, -0.25) is 4.79 Å². The average Bonchev–Trinajstić information content (AvgIpc) is 2.53. The maximum Gasteiger partial charge on any atom is 0.409 e. The number of Topliss-reactive ketones (excluding diaryl/α,β-unsaturated/α-hetero) is 1. The number of carbonyl (C=O) groups is 2. The van der Waals surface area contributed by atoms with Crippen molar-refractivity contribution in [2.75, 3.05) is 27.3 Å². The fourth-order valence-corrected chi connectivity index (χ4v) is 2.44. The second kappa shape index (κ2) is 6.41. The fraction of sp³-hybridized carbons (Fsp3) is 0.467. The van der Waals surface area contributed by atoms with Crippen LogP contribution in [0.2, 0.25) is 0 Å². The van der Waals surface area contributed by atoms with E-state index in [0.717, 1.165) is 5.75 Å². The molecule has 5 nitrogen and oxygen atoms in total. The minimum absolute atomic E-state index is 0.0238. The summed E-state index contributed by atoms with van der Waals surface area (Å²) in [7, 11) is 2.97. The first-order chi connectivity index (χ1) is 9.65. The summed E-state index contributed by atoms with van der Waals surface area (Å²) in [6.45, 7) is 1.14. The van der Waals surface area contributed by atoms with Gasteiger partial charge in [0.25, 0.3) is 0 Å². The minimum Gasteiger partial charge on any atom is -0.497 e. The van der Waals surface area contributed by atoms with Crippen molar-refractivity contribution in [3.8, 4) is 5.75 Å². The van der Waals surface area contributed by atoms with Crippen molar-refractivity contribution in [3.63, 3.8) is 0 Å². The van der Waals surface area contributed by atoms with Gasteiger partial charge >= 0.3 is 6.09 Å². The molecule has 0 atom stereocenters. The number of benzene rings is 1. The molecule has 1 aromatic carbocycles. The molecule has 0 aliphatic carbocycles. The summed E-state index contributed by atoms with van der Waals surface area (Å²) in [5.41, 5.74) is 0.697. The van der Waals surface area contributed by atoms with Crippen LogP contribution in [0, 0.1) is 5.92 Å². The molecule has 108 valence electrons. The van der Waals surface area contributed by atoms with Crippen molar-refractivity contribution in [2.24, 2.45) is 5.92 Å². The first-order valence-corrected chi connectivity index (χ1v) is 6.67. The van der Waals surface area contributed by atoms with Crippen molar-refractivity contribution in [3.05, 3.63) is 29.8 Å². The van der Waals surface area contributed by atoms with Crippen LogP contribution in [0.25, 0.3) is 0 Å². The third-order valence-corrected chi connectivity index (χ3v) is 3.67. The molecule has 0 unspecified atom stereocenters. The summed E-state index contributed by atoms with van der Waals surface area (Å²) in [5, 5.41) is 0. The summed E-state index contributed by atoms with van der Waals surface area (Å²) >= 11 is 0. The van der Waals surface area contributed by atoms with Gasteiger partial charge in [0.1, 0.15) is 5.75 Å². The molecule has 1 aliphatic heterocycles. The number of ether oxygens (including phenoxy) is 2. The lowest BCUT2D eigenvalue weighted by Gasteiger charge is -2.30. The molecule has 20 heavy (non-hydrogen) atoms. The molecule has 0 N–H and O–H groups in total. The quantitative estimate of drug-likeness (QED) is 0.796. The van der Waals surface area contributed by atoms with Crippen LogP contribution >= 0.6 is 0 Å². The van der Waals surface area contributed by atoms with Crippen LogP contribution in [0.3, 0.4) is 0 Å². The van der Waals surface area contributed by atoms with E-state index in [-0.39, 0.29) is 17.8 Å². The van der Waals surface area contributed by atoms with Crippen molar-refractivity contribution in [1.82, 2.24) is 4.90 Å². The van der Waals surface area contributed by atoms with Gasteiger partial charge in [0.05, 0.1) is 14.2 Å². The van der Waals surface area contributed by atoms with Crippen LogP contribution in [0.15, 0.2) is 24.3 Å². The van der Waals surface area contributed by atoms with Gasteiger partial charge in [0.15, 0.2) is 5.78 Å². The lowest BCUT2D eigenvalue weighted by atomic mass is 9.89. The number of nitrogens with zero attached hydrogens (tertiary/aromatic N) is 1. The Balaban J connectivity index is 1.95. The van der Waals surface area contributed by atoms with E-state index < -0.39 is 0 Å². The van der Waals surface area contributed by atoms with E-state index in [9.17, 15) is 9.59 Å². The second-order valence-corrected chi connectivity index (χ2v) is 4.82. The number of hydrogen-bond donors (Lipinski definition) is 0. The zero-order valence-corrected chi connectivity index (χ0v) is 11.8. The van der Waals surface area contributed by atoms with Gasteiger partial charge in [-0.05, 0) is 37.1 Å². The van der Waals surface area contributed by atoms with Crippen LogP contribution in [0.5, 0.6) is 5.75 Å². The molecule has 1 aromatic rings. The van der Waals surface area contributed by atoms with Crippen molar-refractivity contribution < 1.29 is 19.1 Å². The number of piperidine rings is 1. The van der Waals surface area contributed by atoms with Crippen molar-refractivity contribution in [2.45, 2.75) is 12.8 Å². The van der Waals surface area contributed by atoms with Gasteiger partial charge in [-0.15, -0.1) is 0 Å². The van der Waals surface area contributed by atoms with E-state index >= 15 is 0 Å². The van der Waals surface area contributed by atoms with Crippen LogP contribution in [0.4, 0.5) is 4.79 Å². The maximum absolute atomic E-state index is 12.4. The Morgan fingerprint density at radius 1 is 1.10 bits per heavy atom. The fourth-order valence-electron chi connectivity index (χ4n) is 2.44. The van der Waals surface area contributed by atoms with Gasteiger partial charge in [-0.1, -0.05) is 0 Å². The van der Waals surface area contributed by atoms with E-state index in [2.05, 4.69) is 4.74 Å². The van der Waals surface area contributed by atoms with Gasteiger partial charge in [0, 0.05) is 24.6 Å². The van der Waals surface area contributed by atoms with E-state index in [1.54, 1.807) is 36.3 Å². The lowest BCUT2D eigenvalue weighted by Crippen LogP contribution is -2.40. The molecule has 0 bridgehead atoms. The number of ketones is 1. The number of likely N-dealkylation sites (tertiary alicyclic amines) is 1. The zero-order valence-electron chi connectivity index (χ0n) is 11.8. The van der Waals surface area contributed by atoms with Crippen LogP contribution in [-0.4, -0.2) is 44.1 Å². The molecule has 1 aliphatic rings. The molecular weight excluding hydrogens is 258 g/mol. The molecule has 0 radical (unpaired) electrons. The Morgan fingerprint density at radius 2 is 1.70 bits per heavy atom. The number of hydrogen-bond acceptors (Lipinski definition) is 4. The summed E-state index contributed by atoms with van der Waals surface area (Å²) < 4.78 is 9.76. The lowest BCUT2D eigenvalue weighted by molar-refractivity contribution is 0.0793. The van der Waals surface area contributed by atoms with Crippen LogP contribution in [0.1, 0.15) is 23.2 Å². The third-order valence-electron chi connectivity index (χ3n) is 3.67. The first-order valence-electron chi connectivity index (χ1n) is 6.67. The highest BCUT2D eigenvalue weighted by molar-refractivity contribution is 5.98. The molecule has 0 saturated carbocycles. The van der Waals surface area contributed by atoms with Crippen LogP contribution in [-0.2, 0) is 4.74 Å². The molecule has 2 rings (SSSR count). The summed E-state index contributed by atoms with van der Waals surface area (Å²) in [6, 6.07) is 7.15. The van der Waals surface area contributed by atoms with Gasteiger partial charge in [0.2, 0.25) is 0 Å². The maximum atomic E-state index is 12.4. The molecule has 0 spiro atoms. The van der Waals surface area contributed by atoms with E-state index in [0.29, 0.717) is 31.5 Å². The Morgan fingerprint density at radius 3 is 2.20 bits per heavy atom. The second-order valence-electron chi connectivity index (χ2n) is 4.82. The summed E-state index contributed by atoms with van der Waals surface area (Å²) in [4.78, 5) is 25.4. The highest BCUT2D eigenvalue weighted by Crippen LogP contribution is 2.23. The molecular formula is C15H19NO4. The Bertz CT molecular complexity index is 475. The molecule has 1 fully saturated rings. The number of methoxy groups -OCH3 is 2. The highest BCUT2D eigenvalue weighted by Gasteiger charge is 2.28. The van der Waals surface area contributed by atoms with Crippen molar-refractivity contribution in [1.29, 1.82) is 0 Å². The molecule has 0 aromatic heterocycles. The topological polar surface area (TPSA) is 55.8 Å². The predicted octanol–water partition coefficient (Wildman–Crippen LogP) is 2.36. The van der Waals surface area contributed by atoms with Gasteiger partial charge < -0.3 is 14.4 Å². The molecule has 5 heteroatoms. The van der Waals surface area contributed by atoms with E-state index in [1.807, 2.05) is 0 Å². The highest BCUT2D eigenvalue weighted by atomic mass is 16.5. The Hall–Kier alpha value is -2.04. The number of amides is 1. The first kappa shape index (κ1) is 14.4. The average molecular weight is 277 g/mol. The standard InChI is InChI=1S/C15H19NO4/c1-19-13-5-3-11(4-6-13)14(17)12-7-9-16(10-8-12)15(18)20-2/h3-6,12H,7-10H2,1-2H3. The third kappa shape index (κ3) is 3.10. The Kier molecular flexibility index (Phi) is 4.61. The summed E-state index contributed by atoms with van der Waals surface area (Å²) in [5.74, 6) is 0.850. The smallest absolute Gasteiger partial charge is 0.409 e. The molecule has 1 amide bonds. The summed E-state index contributed by atoms with van der Waals surface area (Å²) in [6.07, 6.45) is 1.04. The predicted molar refractivity (Wildman–Crippen MR) is 74.0 cm³/mol.